The molecule has 9 heteroatoms. The van der Waals surface area contributed by atoms with E-state index in [0.29, 0.717) is 34.2 Å². The van der Waals surface area contributed by atoms with Crippen molar-refractivity contribution in [1.29, 1.82) is 0 Å². The number of benzene rings is 2. The third-order valence-corrected chi connectivity index (χ3v) is 7.42. The van der Waals surface area contributed by atoms with E-state index >= 15 is 0 Å². The van der Waals surface area contributed by atoms with Crippen LogP contribution in [-0.4, -0.2) is 44.6 Å². The molecule has 0 unspecified atom stereocenters. The maximum Gasteiger partial charge on any atom is 0.264 e. The maximum atomic E-state index is 14.3. The zero-order valence-electron chi connectivity index (χ0n) is 22.0. The van der Waals surface area contributed by atoms with Crippen LogP contribution in [0.3, 0.4) is 0 Å². The summed E-state index contributed by atoms with van der Waals surface area (Å²) >= 11 is 13.0. The molecule has 0 atom stereocenters. The molecule has 1 saturated heterocycles. The first-order valence-corrected chi connectivity index (χ1v) is 14.6. The van der Waals surface area contributed by atoms with Gasteiger partial charge in [0.1, 0.15) is 11.6 Å². The van der Waals surface area contributed by atoms with Crippen molar-refractivity contribution >= 4 is 41.1 Å². The van der Waals surface area contributed by atoms with Crippen molar-refractivity contribution < 1.29 is 18.7 Å². The van der Waals surface area contributed by atoms with Gasteiger partial charge in [-0.1, -0.05) is 35.1 Å². The van der Waals surface area contributed by atoms with Gasteiger partial charge in [0, 0.05) is 35.9 Å². The molecule has 1 aliphatic heterocycles. The second kappa shape index (κ2) is 14.0. The molecule has 2 aromatic carbocycles. The van der Waals surface area contributed by atoms with Gasteiger partial charge in [-0.2, -0.15) is 0 Å². The largest absolute Gasteiger partial charge is 0.493 e. The lowest BCUT2D eigenvalue weighted by molar-refractivity contribution is 0.0232. The molecule has 0 radical (unpaired) electrons. The number of rotatable bonds is 9. The van der Waals surface area contributed by atoms with Crippen LogP contribution in [0.25, 0.3) is 0 Å². The predicted octanol–water partition coefficient (Wildman–Crippen LogP) is 7.05. The topological polar surface area (TPSA) is 59.6 Å². The van der Waals surface area contributed by atoms with Gasteiger partial charge in [-0.15, -0.1) is 0 Å². The molecule has 0 bridgehead atoms. The number of hydrogen-bond acceptors (Lipinski definition) is 5. The van der Waals surface area contributed by atoms with Crippen LogP contribution in [0.5, 0.6) is 5.75 Å². The Bertz CT molecular complexity index is 1040. The second-order valence-corrected chi connectivity index (χ2v) is 11.7. The molecule has 204 valence electrons. The second-order valence-electron chi connectivity index (χ2n) is 10.2. The molecule has 1 heterocycles. The Morgan fingerprint density at radius 1 is 1.11 bits per heavy atom. The van der Waals surface area contributed by atoms with E-state index in [4.69, 9.17) is 32.7 Å². The number of methoxy groups -OCH3 is 1. The van der Waals surface area contributed by atoms with Crippen LogP contribution in [0.15, 0.2) is 30.3 Å². The van der Waals surface area contributed by atoms with E-state index in [1.54, 1.807) is 25.5 Å². The van der Waals surface area contributed by atoms with E-state index in [1.807, 2.05) is 26.0 Å². The lowest BCUT2D eigenvalue weighted by atomic mass is 9.98. The van der Waals surface area contributed by atoms with Gasteiger partial charge in [-0.3, -0.25) is 9.52 Å². The fourth-order valence-electron chi connectivity index (χ4n) is 4.26. The summed E-state index contributed by atoms with van der Waals surface area (Å²) in [7, 11) is 1.70. The summed E-state index contributed by atoms with van der Waals surface area (Å²) in [5, 5.41) is 4.66. The Hall–Kier alpha value is -1.51. The predicted molar refractivity (Wildman–Crippen MR) is 152 cm³/mol. The van der Waals surface area contributed by atoms with Gasteiger partial charge in [0.15, 0.2) is 0 Å². The quantitative estimate of drug-likeness (QED) is 0.316. The number of hydrogen-bond donors (Lipinski definition) is 2. The highest BCUT2D eigenvalue weighted by molar-refractivity contribution is 7.97. The Kier molecular flexibility index (Phi) is 11.4. The Labute approximate surface area is 234 Å². The van der Waals surface area contributed by atoms with Gasteiger partial charge < -0.3 is 14.8 Å². The molecule has 37 heavy (non-hydrogen) atoms. The fraction of sp³-hybridized carbons (Fsp3) is 0.536. The van der Waals surface area contributed by atoms with Crippen LogP contribution < -0.4 is 14.8 Å². The number of ether oxygens (including phenoxy) is 2. The number of carbonyl (C=O) groups is 1. The molecule has 4 rings (SSSR count). The molecule has 2 aromatic rings. The van der Waals surface area contributed by atoms with E-state index < -0.39 is 5.82 Å². The highest BCUT2D eigenvalue weighted by atomic mass is 35.5. The number of carbonyl (C=O) groups excluding carboxylic acids is 1. The molecular formula is C28H37Cl2FN2O3S. The van der Waals surface area contributed by atoms with Crippen molar-refractivity contribution in [2.45, 2.75) is 57.5 Å². The van der Waals surface area contributed by atoms with Gasteiger partial charge in [0.05, 0.1) is 17.8 Å². The smallest absolute Gasteiger partial charge is 0.264 e. The van der Waals surface area contributed by atoms with E-state index in [1.165, 1.54) is 18.0 Å². The first-order chi connectivity index (χ1) is 17.6. The summed E-state index contributed by atoms with van der Waals surface area (Å²) in [5.41, 5.74) is 1.99. The third kappa shape index (κ3) is 9.63. The molecule has 5 nitrogen and oxygen atoms in total. The van der Waals surface area contributed by atoms with Crippen LogP contribution in [-0.2, 0) is 11.2 Å². The van der Waals surface area contributed by atoms with E-state index in [-0.39, 0.29) is 17.1 Å². The van der Waals surface area contributed by atoms with Crippen molar-refractivity contribution in [2.24, 2.45) is 5.92 Å². The highest BCUT2D eigenvalue weighted by Crippen LogP contribution is 2.45. The van der Waals surface area contributed by atoms with Crippen LogP contribution in [0.2, 0.25) is 10.0 Å². The van der Waals surface area contributed by atoms with Crippen molar-refractivity contribution in [3.8, 4) is 5.75 Å². The number of nitrogens with one attached hydrogen (secondary N) is 2. The summed E-state index contributed by atoms with van der Waals surface area (Å²) in [4.78, 5) is 12.0. The summed E-state index contributed by atoms with van der Waals surface area (Å²) in [5.74, 6) is 0.637. The standard InChI is InChI=1S/C17H23FN2O2S.C11H14Cl2O/c1-23-20-17(21)14-8-13(12-2-3-12)16(9-15(14)18)22-10-11-4-6-19-7-5-11;1-11(2,14-3)7-8-4-9(12)6-10(13)5-8/h8-9,11-12,19H,2-7,10H2,1H3,(H,20,21);4-6H,7H2,1-3H3. The molecule has 1 amide bonds. The summed E-state index contributed by atoms with van der Waals surface area (Å²) < 4.78 is 28.2. The van der Waals surface area contributed by atoms with Gasteiger partial charge in [0.25, 0.3) is 5.91 Å². The highest BCUT2D eigenvalue weighted by Gasteiger charge is 2.30. The van der Waals surface area contributed by atoms with Crippen molar-refractivity contribution in [3.05, 3.63) is 62.9 Å². The zero-order valence-corrected chi connectivity index (χ0v) is 24.3. The van der Waals surface area contributed by atoms with Gasteiger partial charge in [-0.25, -0.2) is 4.39 Å². The average Bonchev–Trinajstić information content (AvgIpc) is 3.68. The van der Waals surface area contributed by atoms with Crippen molar-refractivity contribution in [2.75, 3.05) is 33.1 Å². The first-order valence-electron chi connectivity index (χ1n) is 12.6. The van der Waals surface area contributed by atoms with Crippen LogP contribution in [0.1, 0.15) is 66.9 Å². The molecule has 2 N–H and O–H groups in total. The lowest BCUT2D eigenvalue weighted by Crippen LogP contribution is -2.30. The van der Waals surface area contributed by atoms with Gasteiger partial charge in [-0.05, 0) is 99.8 Å². The minimum Gasteiger partial charge on any atom is -0.493 e. The minimum absolute atomic E-state index is 0.107. The molecule has 1 saturated carbocycles. The SMILES string of the molecule is COC(C)(C)Cc1cc(Cl)cc(Cl)c1.CSNC(=O)c1cc(C2CC2)c(OCC2CCNCC2)cc1F. The molecular weight excluding hydrogens is 534 g/mol. The zero-order chi connectivity index (χ0) is 27.0. The number of amides is 1. The minimum atomic E-state index is -0.513. The summed E-state index contributed by atoms with van der Waals surface area (Å²) in [6.45, 7) is 6.72. The van der Waals surface area contributed by atoms with Crippen LogP contribution in [0.4, 0.5) is 4.39 Å². The Balaban J connectivity index is 0.000000233. The van der Waals surface area contributed by atoms with Crippen molar-refractivity contribution in [1.82, 2.24) is 10.0 Å². The average molecular weight is 572 g/mol. The van der Waals surface area contributed by atoms with E-state index in [2.05, 4.69) is 10.0 Å². The summed E-state index contributed by atoms with van der Waals surface area (Å²) in [6, 6.07) is 8.62. The molecule has 2 aliphatic rings. The molecule has 2 fully saturated rings. The third-order valence-electron chi connectivity index (χ3n) is 6.59. The fourth-order valence-corrected chi connectivity index (χ4v) is 5.13. The van der Waals surface area contributed by atoms with E-state index in [0.717, 1.165) is 56.3 Å². The molecule has 0 aromatic heterocycles. The normalized spacial score (nSPS) is 16.1. The van der Waals surface area contributed by atoms with Crippen LogP contribution >= 0.6 is 35.1 Å². The van der Waals surface area contributed by atoms with Gasteiger partial charge >= 0.3 is 0 Å². The van der Waals surface area contributed by atoms with E-state index in [9.17, 15) is 9.18 Å². The maximum absolute atomic E-state index is 14.3. The Morgan fingerprint density at radius 2 is 1.76 bits per heavy atom. The van der Waals surface area contributed by atoms with Gasteiger partial charge in [0.2, 0.25) is 0 Å². The van der Waals surface area contributed by atoms with Crippen molar-refractivity contribution in [3.63, 3.8) is 0 Å². The molecule has 0 spiro atoms. The monoisotopic (exact) mass is 570 g/mol. The summed E-state index contributed by atoms with van der Waals surface area (Å²) in [6.07, 6.45) is 6.89. The Morgan fingerprint density at radius 3 is 2.32 bits per heavy atom. The van der Waals surface area contributed by atoms with Crippen LogP contribution in [0, 0.1) is 11.7 Å². The first kappa shape index (κ1) is 30.0. The molecule has 1 aliphatic carbocycles. The number of halogens is 3. The lowest BCUT2D eigenvalue weighted by Gasteiger charge is -2.23. The number of piperidine rings is 1.